The number of hydrogen-bond donors (Lipinski definition) is 0. The second-order valence-corrected chi connectivity index (χ2v) is 13.2. The molecule has 2 aromatic heterocycles. The van der Waals surface area contributed by atoms with E-state index in [9.17, 15) is 0 Å². The molecule has 0 saturated carbocycles. The molecule has 53 heavy (non-hydrogen) atoms. The Balaban J connectivity index is 1.24. The van der Waals surface area contributed by atoms with Crippen LogP contribution in [-0.2, 0) is 0 Å². The van der Waals surface area contributed by atoms with Crippen LogP contribution in [-0.4, -0.2) is 17.5 Å². The lowest BCUT2D eigenvalue weighted by molar-refractivity contribution is 0.553. The van der Waals surface area contributed by atoms with Crippen molar-refractivity contribution in [2.75, 3.05) is 11.9 Å². The van der Waals surface area contributed by atoms with E-state index in [1.807, 2.05) is 42.5 Å². The number of nitrogens with zero attached hydrogens (tertiary/aromatic N) is 3. The molecule has 0 aliphatic rings. The normalized spacial score (nSPS) is 12.0. The Morgan fingerprint density at radius 2 is 1.15 bits per heavy atom. The van der Waals surface area contributed by atoms with Crippen molar-refractivity contribution in [1.29, 1.82) is 0 Å². The van der Waals surface area contributed by atoms with Crippen molar-refractivity contribution < 1.29 is 9.15 Å². The lowest BCUT2D eigenvalue weighted by Gasteiger charge is -2.28. The van der Waals surface area contributed by atoms with Crippen LogP contribution in [0.15, 0.2) is 191 Å². The maximum Gasteiger partial charge on any atom is 0.221 e. The van der Waals surface area contributed by atoms with Gasteiger partial charge in [-0.25, -0.2) is 0 Å². The van der Waals surface area contributed by atoms with Gasteiger partial charge >= 0.3 is 0 Å². The minimum absolute atomic E-state index is 0.538. The third-order valence-corrected chi connectivity index (χ3v) is 10.0. The van der Waals surface area contributed by atoms with E-state index in [4.69, 9.17) is 9.15 Å². The van der Waals surface area contributed by atoms with E-state index in [1.54, 1.807) is 7.05 Å². The Hall–Kier alpha value is -7.11. The van der Waals surface area contributed by atoms with Gasteiger partial charge in [0.2, 0.25) is 5.90 Å². The number of benzene rings is 8. The van der Waals surface area contributed by atoms with Gasteiger partial charge in [0.05, 0.1) is 22.4 Å². The second kappa shape index (κ2) is 12.6. The standard InChI is InChI=1S/C48H33N3O2/c1-49-48(32-14-4-2-5-15-32)53-47-29-34-17-9-8-16-33(34)28-44(47)50(37-24-26-40-39-21-11-13-23-45(39)52-46(40)31-37)36-25-27-43-41(30-36)38-20-10-12-22-42(38)51(43)35-18-6-3-7-19-35/h2-31H,1H3/b49-48-. The fourth-order valence-corrected chi connectivity index (χ4v) is 7.62. The average molecular weight is 684 g/mol. The van der Waals surface area contributed by atoms with Crippen LogP contribution >= 0.6 is 0 Å². The summed E-state index contributed by atoms with van der Waals surface area (Å²) in [6.45, 7) is 0. The van der Waals surface area contributed by atoms with Crippen molar-refractivity contribution in [3.05, 3.63) is 188 Å². The predicted octanol–water partition coefficient (Wildman–Crippen LogP) is 12.8. The number of rotatable bonds is 6. The monoisotopic (exact) mass is 683 g/mol. The predicted molar refractivity (Wildman–Crippen MR) is 220 cm³/mol. The first-order valence-electron chi connectivity index (χ1n) is 17.8. The molecule has 0 amide bonds. The molecule has 0 aliphatic carbocycles. The molecule has 0 N–H and O–H groups in total. The number of hydrogen-bond acceptors (Lipinski definition) is 4. The number of ether oxygens (including phenoxy) is 1. The van der Waals surface area contributed by atoms with E-state index in [0.29, 0.717) is 11.6 Å². The number of aromatic nitrogens is 1. The fourth-order valence-electron chi connectivity index (χ4n) is 7.62. The quantitative estimate of drug-likeness (QED) is 0.129. The van der Waals surface area contributed by atoms with Gasteiger partial charge in [0, 0.05) is 51.6 Å². The van der Waals surface area contributed by atoms with Crippen molar-refractivity contribution in [1.82, 2.24) is 4.57 Å². The third-order valence-electron chi connectivity index (χ3n) is 10.0. The zero-order valence-corrected chi connectivity index (χ0v) is 29.0. The summed E-state index contributed by atoms with van der Waals surface area (Å²) >= 11 is 0. The van der Waals surface area contributed by atoms with E-state index in [0.717, 1.165) is 77.4 Å². The van der Waals surface area contributed by atoms with E-state index >= 15 is 0 Å². The van der Waals surface area contributed by atoms with Crippen LogP contribution in [0.25, 0.3) is 60.2 Å². The molecule has 8 aromatic carbocycles. The maximum atomic E-state index is 6.85. The SMILES string of the molecule is C/N=C(\Oc1cc2ccccc2cc1N(c1ccc2c(c1)oc1ccccc12)c1ccc2c(c1)c1ccccc1n2-c1ccccc1)c1ccccc1. The first kappa shape index (κ1) is 30.7. The zero-order valence-electron chi connectivity index (χ0n) is 29.0. The zero-order chi connectivity index (χ0) is 35.3. The van der Waals surface area contributed by atoms with Crippen molar-refractivity contribution in [2.45, 2.75) is 0 Å². The summed E-state index contributed by atoms with van der Waals surface area (Å²) in [5.41, 5.74) is 8.80. The fraction of sp³-hybridized carbons (Fsp3) is 0.0208. The molecular formula is C48H33N3O2. The van der Waals surface area contributed by atoms with Crippen LogP contribution in [0.2, 0.25) is 0 Å². The highest BCUT2D eigenvalue weighted by atomic mass is 16.5. The molecule has 0 spiro atoms. The molecule has 2 heterocycles. The summed E-state index contributed by atoms with van der Waals surface area (Å²) in [5, 5.41) is 6.67. The highest BCUT2D eigenvalue weighted by Crippen LogP contribution is 2.46. The van der Waals surface area contributed by atoms with Crippen molar-refractivity contribution in [3.8, 4) is 11.4 Å². The van der Waals surface area contributed by atoms with Crippen LogP contribution in [0.3, 0.4) is 0 Å². The van der Waals surface area contributed by atoms with Crippen LogP contribution < -0.4 is 9.64 Å². The smallest absolute Gasteiger partial charge is 0.221 e. The van der Waals surface area contributed by atoms with Crippen molar-refractivity contribution >= 4 is 77.5 Å². The van der Waals surface area contributed by atoms with Crippen LogP contribution in [0.5, 0.6) is 5.75 Å². The first-order chi connectivity index (χ1) is 26.2. The lowest BCUT2D eigenvalue weighted by atomic mass is 10.1. The average Bonchev–Trinajstić information content (AvgIpc) is 3.76. The molecule has 5 heteroatoms. The second-order valence-electron chi connectivity index (χ2n) is 13.2. The topological polar surface area (TPSA) is 42.9 Å². The Morgan fingerprint density at radius 3 is 1.96 bits per heavy atom. The Bertz CT molecular complexity index is 3000. The number of fused-ring (bicyclic) bond motifs is 7. The summed E-state index contributed by atoms with van der Waals surface area (Å²) in [4.78, 5) is 6.89. The number of para-hydroxylation sites is 3. The summed E-state index contributed by atoms with van der Waals surface area (Å²) in [7, 11) is 1.77. The van der Waals surface area contributed by atoms with Crippen LogP contribution in [0, 0.1) is 0 Å². The lowest BCUT2D eigenvalue weighted by Crippen LogP contribution is -2.15. The largest absolute Gasteiger partial charge is 0.456 e. The van der Waals surface area contributed by atoms with Gasteiger partial charge in [-0.05, 0) is 89.6 Å². The number of furan rings is 1. The van der Waals surface area contributed by atoms with Gasteiger partial charge in [0.15, 0.2) is 5.75 Å². The summed E-state index contributed by atoms with van der Waals surface area (Å²) < 4.78 is 15.6. The molecule has 0 aliphatic heterocycles. The Morgan fingerprint density at radius 1 is 0.528 bits per heavy atom. The molecule has 10 rings (SSSR count). The molecule has 0 radical (unpaired) electrons. The molecule has 5 nitrogen and oxygen atoms in total. The Kier molecular flexibility index (Phi) is 7.29. The van der Waals surface area contributed by atoms with Gasteiger partial charge in [-0.2, -0.15) is 0 Å². The molecular weight excluding hydrogens is 651 g/mol. The van der Waals surface area contributed by atoms with Gasteiger partial charge in [0.1, 0.15) is 11.2 Å². The molecule has 0 fully saturated rings. The number of aliphatic imine (C=N–C) groups is 1. The Labute approximate surface area is 306 Å². The third kappa shape index (κ3) is 5.21. The highest BCUT2D eigenvalue weighted by Gasteiger charge is 2.23. The highest BCUT2D eigenvalue weighted by molar-refractivity contribution is 6.11. The molecule has 0 atom stereocenters. The summed E-state index contributed by atoms with van der Waals surface area (Å²) in [6.07, 6.45) is 0. The number of anilines is 3. The van der Waals surface area contributed by atoms with Crippen molar-refractivity contribution in [2.24, 2.45) is 4.99 Å². The summed E-state index contributed by atoms with van der Waals surface area (Å²) in [5.74, 6) is 1.22. The molecule has 0 bridgehead atoms. The minimum Gasteiger partial charge on any atom is -0.456 e. The van der Waals surface area contributed by atoms with Crippen molar-refractivity contribution in [3.63, 3.8) is 0 Å². The first-order valence-corrected chi connectivity index (χ1v) is 17.8. The van der Waals surface area contributed by atoms with Crippen LogP contribution in [0.4, 0.5) is 17.1 Å². The van der Waals surface area contributed by atoms with E-state index in [-0.39, 0.29) is 0 Å². The van der Waals surface area contributed by atoms with Gasteiger partial charge in [-0.1, -0.05) is 97.1 Å². The van der Waals surface area contributed by atoms with Gasteiger partial charge in [-0.15, -0.1) is 0 Å². The maximum absolute atomic E-state index is 6.85. The van der Waals surface area contributed by atoms with Gasteiger partial charge in [-0.3, -0.25) is 4.99 Å². The van der Waals surface area contributed by atoms with E-state index < -0.39 is 0 Å². The van der Waals surface area contributed by atoms with Gasteiger partial charge in [0.25, 0.3) is 0 Å². The summed E-state index contributed by atoms with van der Waals surface area (Å²) in [6, 6.07) is 63.3. The van der Waals surface area contributed by atoms with E-state index in [2.05, 4.69) is 154 Å². The molecule has 0 unspecified atom stereocenters. The molecule has 252 valence electrons. The van der Waals surface area contributed by atoms with E-state index in [1.165, 1.54) is 5.39 Å². The molecule has 10 aromatic rings. The molecule has 0 saturated heterocycles. The van der Waals surface area contributed by atoms with Gasteiger partial charge < -0.3 is 18.6 Å². The minimum atomic E-state index is 0.538. The van der Waals surface area contributed by atoms with Crippen LogP contribution in [0.1, 0.15) is 5.56 Å².